The SMILES string of the molecule is CCCCc1ncc(N)c(C=O)c1C. The Bertz CT molecular complexity index is 334. The summed E-state index contributed by atoms with van der Waals surface area (Å²) in [5, 5.41) is 0. The van der Waals surface area contributed by atoms with Crippen molar-refractivity contribution in [2.24, 2.45) is 0 Å². The van der Waals surface area contributed by atoms with E-state index >= 15 is 0 Å². The summed E-state index contributed by atoms with van der Waals surface area (Å²) in [6, 6.07) is 0. The number of carbonyl (C=O) groups excluding carboxylic acids is 1. The highest BCUT2D eigenvalue weighted by Gasteiger charge is 2.07. The van der Waals surface area contributed by atoms with E-state index in [9.17, 15) is 4.79 Å². The highest BCUT2D eigenvalue weighted by molar-refractivity contribution is 5.85. The van der Waals surface area contributed by atoms with Crippen molar-refractivity contribution in [3.05, 3.63) is 23.0 Å². The van der Waals surface area contributed by atoms with Crippen LogP contribution in [0.5, 0.6) is 0 Å². The van der Waals surface area contributed by atoms with Gasteiger partial charge in [-0.3, -0.25) is 9.78 Å². The Labute approximate surface area is 84.3 Å². The zero-order valence-corrected chi connectivity index (χ0v) is 8.71. The highest BCUT2D eigenvalue weighted by atomic mass is 16.1. The molecule has 0 unspecified atom stereocenters. The van der Waals surface area contributed by atoms with Crippen molar-refractivity contribution < 1.29 is 4.79 Å². The Morgan fingerprint density at radius 2 is 2.29 bits per heavy atom. The van der Waals surface area contributed by atoms with Crippen LogP contribution < -0.4 is 5.73 Å². The van der Waals surface area contributed by atoms with E-state index in [0.29, 0.717) is 11.3 Å². The molecule has 3 nitrogen and oxygen atoms in total. The molecule has 0 saturated heterocycles. The molecule has 0 aliphatic heterocycles. The van der Waals surface area contributed by atoms with E-state index in [1.54, 1.807) is 6.20 Å². The second kappa shape index (κ2) is 4.74. The van der Waals surface area contributed by atoms with Gasteiger partial charge in [0.15, 0.2) is 6.29 Å². The van der Waals surface area contributed by atoms with Gasteiger partial charge in [0.2, 0.25) is 0 Å². The van der Waals surface area contributed by atoms with Crippen LogP contribution in [0.15, 0.2) is 6.20 Å². The Hall–Kier alpha value is -1.38. The number of aldehydes is 1. The summed E-state index contributed by atoms with van der Waals surface area (Å²) in [6.45, 7) is 4.03. The van der Waals surface area contributed by atoms with E-state index in [-0.39, 0.29) is 0 Å². The minimum Gasteiger partial charge on any atom is -0.397 e. The zero-order chi connectivity index (χ0) is 10.6. The monoisotopic (exact) mass is 192 g/mol. The molecule has 0 atom stereocenters. The molecule has 0 aliphatic carbocycles. The number of hydrogen-bond acceptors (Lipinski definition) is 3. The fourth-order valence-electron chi connectivity index (χ4n) is 1.44. The van der Waals surface area contributed by atoms with Gasteiger partial charge in [-0.25, -0.2) is 0 Å². The van der Waals surface area contributed by atoms with E-state index in [4.69, 9.17) is 5.73 Å². The van der Waals surface area contributed by atoms with Crippen molar-refractivity contribution >= 4 is 12.0 Å². The van der Waals surface area contributed by atoms with Crippen molar-refractivity contribution in [1.82, 2.24) is 4.98 Å². The van der Waals surface area contributed by atoms with Gasteiger partial charge in [0, 0.05) is 11.3 Å². The van der Waals surface area contributed by atoms with Gasteiger partial charge >= 0.3 is 0 Å². The number of nitrogens with two attached hydrogens (primary N) is 1. The smallest absolute Gasteiger partial charge is 0.152 e. The van der Waals surface area contributed by atoms with Crippen molar-refractivity contribution in [1.29, 1.82) is 0 Å². The number of nitrogens with zero attached hydrogens (tertiary/aromatic N) is 1. The number of rotatable bonds is 4. The predicted octanol–water partition coefficient (Wildman–Crippen LogP) is 2.13. The minimum atomic E-state index is 0.470. The van der Waals surface area contributed by atoms with Gasteiger partial charge in [0.1, 0.15) is 0 Å². The lowest BCUT2D eigenvalue weighted by Crippen LogP contribution is -2.03. The van der Waals surface area contributed by atoms with Crippen molar-refractivity contribution in [2.75, 3.05) is 5.73 Å². The Morgan fingerprint density at radius 3 is 2.86 bits per heavy atom. The first-order chi connectivity index (χ1) is 6.70. The van der Waals surface area contributed by atoms with Crippen LogP contribution in [0.2, 0.25) is 0 Å². The Balaban J connectivity index is 3.02. The van der Waals surface area contributed by atoms with Crippen LogP contribution in [0.4, 0.5) is 5.69 Å². The number of unbranched alkanes of at least 4 members (excludes halogenated alkanes) is 1. The second-order valence-electron chi connectivity index (χ2n) is 3.42. The maximum atomic E-state index is 10.8. The molecule has 0 aromatic carbocycles. The molecular formula is C11H16N2O. The molecule has 3 heteroatoms. The topological polar surface area (TPSA) is 56.0 Å². The molecular weight excluding hydrogens is 176 g/mol. The highest BCUT2D eigenvalue weighted by Crippen LogP contribution is 2.17. The van der Waals surface area contributed by atoms with Gasteiger partial charge in [0.05, 0.1) is 11.9 Å². The first kappa shape index (κ1) is 10.7. The van der Waals surface area contributed by atoms with Crippen LogP contribution in [0, 0.1) is 6.92 Å². The number of hydrogen-bond donors (Lipinski definition) is 1. The van der Waals surface area contributed by atoms with E-state index in [2.05, 4.69) is 11.9 Å². The maximum Gasteiger partial charge on any atom is 0.152 e. The van der Waals surface area contributed by atoms with Crippen LogP contribution in [0.25, 0.3) is 0 Å². The van der Waals surface area contributed by atoms with Gasteiger partial charge in [-0.1, -0.05) is 13.3 Å². The Kier molecular flexibility index (Phi) is 3.63. The standard InChI is InChI=1S/C11H16N2O/c1-3-4-5-11-8(2)9(7-14)10(12)6-13-11/h6-7H,3-5,12H2,1-2H3. The van der Waals surface area contributed by atoms with Crippen LogP contribution in [0.1, 0.15) is 41.4 Å². The molecule has 76 valence electrons. The Morgan fingerprint density at radius 1 is 1.57 bits per heavy atom. The lowest BCUT2D eigenvalue weighted by atomic mass is 10.0. The number of aryl methyl sites for hydroxylation is 1. The molecule has 0 aliphatic rings. The molecule has 0 saturated carbocycles. The van der Waals surface area contributed by atoms with Crippen LogP contribution >= 0.6 is 0 Å². The number of pyridine rings is 1. The molecule has 1 heterocycles. The molecule has 0 fully saturated rings. The molecule has 0 amide bonds. The van der Waals surface area contributed by atoms with Gasteiger partial charge in [-0.15, -0.1) is 0 Å². The molecule has 0 bridgehead atoms. The fourth-order valence-corrected chi connectivity index (χ4v) is 1.44. The van der Waals surface area contributed by atoms with E-state index < -0.39 is 0 Å². The predicted molar refractivity (Wildman–Crippen MR) is 57.4 cm³/mol. The molecule has 2 N–H and O–H groups in total. The van der Waals surface area contributed by atoms with Crippen LogP contribution in [-0.4, -0.2) is 11.3 Å². The number of aromatic nitrogens is 1. The van der Waals surface area contributed by atoms with Crippen molar-refractivity contribution in [2.45, 2.75) is 33.1 Å². The third-order valence-corrected chi connectivity index (χ3v) is 2.39. The first-order valence-electron chi connectivity index (χ1n) is 4.89. The largest absolute Gasteiger partial charge is 0.397 e. The summed E-state index contributed by atoms with van der Waals surface area (Å²) >= 11 is 0. The molecule has 0 radical (unpaired) electrons. The van der Waals surface area contributed by atoms with Crippen molar-refractivity contribution in [3.8, 4) is 0 Å². The lowest BCUT2D eigenvalue weighted by molar-refractivity contribution is 0.112. The fraction of sp³-hybridized carbons (Fsp3) is 0.455. The summed E-state index contributed by atoms with van der Waals surface area (Å²) in [5.41, 5.74) is 8.61. The summed E-state index contributed by atoms with van der Waals surface area (Å²) in [6.07, 6.45) is 5.52. The third kappa shape index (κ3) is 2.10. The molecule has 14 heavy (non-hydrogen) atoms. The summed E-state index contributed by atoms with van der Waals surface area (Å²) in [4.78, 5) is 15.0. The summed E-state index contributed by atoms with van der Waals surface area (Å²) < 4.78 is 0. The third-order valence-electron chi connectivity index (χ3n) is 2.39. The quantitative estimate of drug-likeness (QED) is 0.743. The molecule has 0 spiro atoms. The maximum absolute atomic E-state index is 10.8. The van der Waals surface area contributed by atoms with E-state index in [0.717, 1.165) is 36.8 Å². The molecule has 1 aromatic rings. The van der Waals surface area contributed by atoms with Gasteiger partial charge in [-0.05, 0) is 25.3 Å². The zero-order valence-electron chi connectivity index (χ0n) is 8.71. The number of anilines is 1. The molecule has 1 aromatic heterocycles. The van der Waals surface area contributed by atoms with Crippen molar-refractivity contribution in [3.63, 3.8) is 0 Å². The average Bonchev–Trinajstić information content (AvgIpc) is 2.18. The van der Waals surface area contributed by atoms with Gasteiger partial charge in [-0.2, -0.15) is 0 Å². The number of carbonyl (C=O) groups is 1. The van der Waals surface area contributed by atoms with Crippen LogP contribution in [-0.2, 0) is 6.42 Å². The number of nitrogen functional groups attached to an aromatic ring is 1. The van der Waals surface area contributed by atoms with Crippen LogP contribution in [0.3, 0.4) is 0 Å². The lowest BCUT2D eigenvalue weighted by Gasteiger charge is -2.08. The van der Waals surface area contributed by atoms with Gasteiger partial charge in [0.25, 0.3) is 0 Å². The molecule has 1 rings (SSSR count). The normalized spacial score (nSPS) is 10.1. The minimum absolute atomic E-state index is 0.470. The van der Waals surface area contributed by atoms with E-state index in [1.807, 2.05) is 6.92 Å². The summed E-state index contributed by atoms with van der Waals surface area (Å²) in [5.74, 6) is 0. The summed E-state index contributed by atoms with van der Waals surface area (Å²) in [7, 11) is 0. The van der Waals surface area contributed by atoms with E-state index in [1.165, 1.54) is 0 Å². The van der Waals surface area contributed by atoms with Gasteiger partial charge < -0.3 is 5.73 Å². The average molecular weight is 192 g/mol. The second-order valence-corrected chi connectivity index (χ2v) is 3.42. The first-order valence-corrected chi connectivity index (χ1v) is 4.89.